The standard InChI is InChI=1S/C12H22N2O3/c15-6-2-4-10-3-1-5-14(10)12(7-11(16)17)8-13-9-12/h10,13,15H,1-9H2,(H,16,17). The minimum absolute atomic E-state index is 0.164. The highest BCUT2D eigenvalue weighted by Crippen LogP contribution is 2.34. The highest BCUT2D eigenvalue weighted by molar-refractivity contribution is 5.69. The van der Waals surface area contributed by atoms with Crippen molar-refractivity contribution in [1.29, 1.82) is 0 Å². The topological polar surface area (TPSA) is 72.8 Å². The predicted molar refractivity (Wildman–Crippen MR) is 63.9 cm³/mol. The van der Waals surface area contributed by atoms with Gasteiger partial charge in [0, 0.05) is 25.7 Å². The lowest BCUT2D eigenvalue weighted by atomic mass is 9.85. The summed E-state index contributed by atoms with van der Waals surface area (Å²) in [7, 11) is 0. The number of likely N-dealkylation sites (tertiary alicyclic amines) is 1. The molecular formula is C12H22N2O3. The van der Waals surface area contributed by atoms with Gasteiger partial charge in [0.05, 0.1) is 12.0 Å². The van der Waals surface area contributed by atoms with E-state index in [1.54, 1.807) is 0 Å². The molecule has 0 spiro atoms. The number of nitrogens with zero attached hydrogens (tertiary/aromatic N) is 1. The van der Waals surface area contributed by atoms with E-state index in [1.165, 1.54) is 0 Å². The van der Waals surface area contributed by atoms with Crippen LogP contribution in [0.1, 0.15) is 32.1 Å². The maximum Gasteiger partial charge on any atom is 0.305 e. The molecule has 3 N–H and O–H groups in total. The molecule has 0 saturated carbocycles. The van der Waals surface area contributed by atoms with Crippen LogP contribution in [0.25, 0.3) is 0 Å². The Labute approximate surface area is 102 Å². The molecule has 5 nitrogen and oxygen atoms in total. The minimum Gasteiger partial charge on any atom is -0.481 e. The average molecular weight is 242 g/mol. The summed E-state index contributed by atoms with van der Waals surface area (Å²) in [6.45, 7) is 2.81. The van der Waals surface area contributed by atoms with E-state index < -0.39 is 5.97 Å². The van der Waals surface area contributed by atoms with Crippen LogP contribution in [0.3, 0.4) is 0 Å². The lowest BCUT2D eigenvalue weighted by molar-refractivity contribution is -0.142. The van der Waals surface area contributed by atoms with Crippen molar-refractivity contribution in [3.63, 3.8) is 0 Å². The highest BCUT2D eigenvalue weighted by Gasteiger charge is 2.47. The van der Waals surface area contributed by atoms with E-state index in [4.69, 9.17) is 10.2 Å². The van der Waals surface area contributed by atoms with E-state index in [1.807, 2.05) is 0 Å². The molecule has 0 bridgehead atoms. The smallest absolute Gasteiger partial charge is 0.305 e. The van der Waals surface area contributed by atoms with Crippen molar-refractivity contribution in [2.24, 2.45) is 0 Å². The Morgan fingerprint density at radius 2 is 2.24 bits per heavy atom. The first-order chi connectivity index (χ1) is 8.18. The Morgan fingerprint density at radius 3 is 2.76 bits per heavy atom. The summed E-state index contributed by atoms with van der Waals surface area (Å²) in [4.78, 5) is 13.4. The Hall–Kier alpha value is -0.650. The second kappa shape index (κ2) is 5.33. The molecule has 2 fully saturated rings. The number of carboxylic acids is 1. The third-order valence-corrected chi connectivity index (χ3v) is 4.07. The molecule has 98 valence electrons. The van der Waals surface area contributed by atoms with Gasteiger partial charge in [-0.2, -0.15) is 0 Å². The van der Waals surface area contributed by atoms with Gasteiger partial charge >= 0.3 is 5.97 Å². The van der Waals surface area contributed by atoms with Gasteiger partial charge < -0.3 is 15.5 Å². The van der Waals surface area contributed by atoms with Crippen molar-refractivity contribution >= 4 is 5.97 Å². The number of hydrogen-bond donors (Lipinski definition) is 3. The first-order valence-corrected chi connectivity index (χ1v) is 6.48. The largest absolute Gasteiger partial charge is 0.481 e. The molecule has 5 heteroatoms. The normalized spacial score (nSPS) is 27.9. The Morgan fingerprint density at radius 1 is 1.47 bits per heavy atom. The molecule has 2 heterocycles. The van der Waals surface area contributed by atoms with E-state index >= 15 is 0 Å². The molecule has 0 aromatic carbocycles. The number of carboxylic acid groups (broad SMARTS) is 1. The lowest BCUT2D eigenvalue weighted by Crippen LogP contribution is -2.70. The van der Waals surface area contributed by atoms with Gasteiger partial charge in [0.15, 0.2) is 0 Å². The fourth-order valence-electron chi connectivity index (χ4n) is 3.21. The van der Waals surface area contributed by atoms with Crippen LogP contribution in [0.4, 0.5) is 0 Å². The molecule has 17 heavy (non-hydrogen) atoms. The van der Waals surface area contributed by atoms with E-state index in [0.717, 1.165) is 45.3 Å². The van der Waals surface area contributed by atoms with Gasteiger partial charge in [-0.25, -0.2) is 0 Å². The van der Waals surface area contributed by atoms with Crippen LogP contribution in [-0.2, 0) is 4.79 Å². The van der Waals surface area contributed by atoms with E-state index in [0.29, 0.717) is 6.04 Å². The molecule has 2 saturated heterocycles. The zero-order valence-corrected chi connectivity index (χ0v) is 10.2. The first-order valence-electron chi connectivity index (χ1n) is 6.48. The number of aliphatic hydroxyl groups is 1. The zero-order chi connectivity index (χ0) is 12.3. The van der Waals surface area contributed by atoms with Crippen LogP contribution in [0.5, 0.6) is 0 Å². The molecule has 0 aliphatic carbocycles. The fourth-order valence-corrected chi connectivity index (χ4v) is 3.21. The Balaban J connectivity index is 2.00. The van der Waals surface area contributed by atoms with Crippen molar-refractivity contribution in [3.05, 3.63) is 0 Å². The molecule has 2 aliphatic heterocycles. The van der Waals surface area contributed by atoms with Crippen molar-refractivity contribution in [2.45, 2.75) is 43.7 Å². The van der Waals surface area contributed by atoms with Crippen molar-refractivity contribution in [3.8, 4) is 0 Å². The van der Waals surface area contributed by atoms with Gasteiger partial charge in [-0.1, -0.05) is 0 Å². The summed E-state index contributed by atoms with van der Waals surface area (Å²) in [5.41, 5.74) is -0.164. The average Bonchev–Trinajstić information content (AvgIpc) is 2.68. The number of aliphatic carboxylic acids is 1. The number of hydrogen-bond acceptors (Lipinski definition) is 4. The summed E-state index contributed by atoms with van der Waals surface area (Å²) in [6, 6.07) is 0.462. The zero-order valence-electron chi connectivity index (χ0n) is 10.2. The third-order valence-electron chi connectivity index (χ3n) is 4.07. The van der Waals surface area contributed by atoms with Gasteiger partial charge in [-0.15, -0.1) is 0 Å². The fraction of sp³-hybridized carbons (Fsp3) is 0.917. The number of rotatable bonds is 6. The SMILES string of the molecule is O=C(O)CC1(N2CCCC2CCCO)CNC1. The van der Waals surface area contributed by atoms with Crippen LogP contribution in [-0.4, -0.2) is 58.9 Å². The summed E-state index contributed by atoms with van der Waals surface area (Å²) in [5, 5.41) is 21.2. The van der Waals surface area contributed by atoms with Crippen LogP contribution in [0.2, 0.25) is 0 Å². The Bertz CT molecular complexity index is 279. The third kappa shape index (κ3) is 2.61. The molecule has 1 atom stereocenters. The van der Waals surface area contributed by atoms with Gasteiger partial charge in [0.2, 0.25) is 0 Å². The number of nitrogens with one attached hydrogen (secondary N) is 1. The van der Waals surface area contributed by atoms with Gasteiger partial charge in [0.25, 0.3) is 0 Å². The van der Waals surface area contributed by atoms with Gasteiger partial charge in [-0.05, 0) is 32.2 Å². The van der Waals surface area contributed by atoms with Crippen molar-refractivity contribution in [1.82, 2.24) is 10.2 Å². The van der Waals surface area contributed by atoms with E-state index in [-0.39, 0.29) is 18.6 Å². The van der Waals surface area contributed by atoms with E-state index in [9.17, 15) is 4.79 Å². The first kappa shape index (κ1) is 12.8. The minimum atomic E-state index is -0.709. The van der Waals surface area contributed by atoms with Crippen LogP contribution in [0.15, 0.2) is 0 Å². The van der Waals surface area contributed by atoms with Crippen LogP contribution in [0, 0.1) is 0 Å². The quantitative estimate of drug-likeness (QED) is 0.613. The Kier molecular flexibility index (Phi) is 4.01. The molecule has 1 unspecified atom stereocenters. The molecule has 0 amide bonds. The van der Waals surface area contributed by atoms with Crippen LogP contribution < -0.4 is 5.32 Å². The van der Waals surface area contributed by atoms with E-state index in [2.05, 4.69) is 10.2 Å². The second-order valence-corrected chi connectivity index (χ2v) is 5.25. The number of aliphatic hydroxyl groups excluding tert-OH is 1. The number of carbonyl (C=O) groups is 1. The maximum atomic E-state index is 11.0. The van der Waals surface area contributed by atoms with Gasteiger partial charge in [0.1, 0.15) is 0 Å². The second-order valence-electron chi connectivity index (χ2n) is 5.25. The summed E-state index contributed by atoms with van der Waals surface area (Å²) < 4.78 is 0. The molecular weight excluding hydrogens is 220 g/mol. The monoisotopic (exact) mass is 242 g/mol. The van der Waals surface area contributed by atoms with Crippen molar-refractivity contribution < 1.29 is 15.0 Å². The molecule has 0 radical (unpaired) electrons. The molecule has 0 aromatic heterocycles. The summed E-state index contributed by atoms with van der Waals surface area (Å²) in [6.07, 6.45) is 4.32. The molecule has 2 aliphatic rings. The lowest BCUT2D eigenvalue weighted by Gasteiger charge is -2.51. The van der Waals surface area contributed by atoms with Crippen LogP contribution >= 0.6 is 0 Å². The van der Waals surface area contributed by atoms with Crippen molar-refractivity contribution in [2.75, 3.05) is 26.2 Å². The summed E-state index contributed by atoms with van der Waals surface area (Å²) in [5.74, 6) is -0.709. The summed E-state index contributed by atoms with van der Waals surface area (Å²) >= 11 is 0. The predicted octanol–water partition coefficient (Wildman–Crippen LogP) is 0.0400. The molecule has 2 rings (SSSR count). The highest BCUT2D eigenvalue weighted by atomic mass is 16.4. The van der Waals surface area contributed by atoms with Gasteiger partial charge in [-0.3, -0.25) is 9.69 Å². The molecule has 0 aromatic rings. The maximum absolute atomic E-state index is 11.0.